The Morgan fingerprint density at radius 1 is 1.69 bits per heavy atom. The summed E-state index contributed by atoms with van der Waals surface area (Å²) >= 11 is 0. The van der Waals surface area contributed by atoms with Crippen LogP contribution < -0.4 is 0 Å². The van der Waals surface area contributed by atoms with Gasteiger partial charge in [-0.25, -0.2) is 0 Å². The monoisotopic (exact) mass is 183 g/mol. The first-order valence-corrected chi connectivity index (χ1v) is 4.59. The molecule has 0 bridgehead atoms. The third kappa shape index (κ3) is 2.31. The largest absolute Gasteiger partial charge is 0.390 e. The second-order valence-corrected chi connectivity index (χ2v) is 4.13. The Labute approximate surface area is 79.0 Å². The van der Waals surface area contributed by atoms with Crippen LogP contribution in [0.15, 0.2) is 12.7 Å². The minimum Gasteiger partial charge on any atom is -0.390 e. The summed E-state index contributed by atoms with van der Waals surface area (Å²) in [7, 11) is 0. The molecule has 0 spiro atoms. The molecule has 74 valence electrons. The van der Waals surface area contributed by atoms with Crippen molar-refractivity contribution < 1.29 is 9.90 Å². The number of rotatable bonds is 2. The second kappa shape index (κ2) is 3.50. The molecule has 1 rings (SSSR count). The third-order valence-electron chi connectivity index (χ3n) is 2.67. The van der Waals surface area contributed by atoms with E-state index in [1.165, 1.54) is 6.08 Å². The summed E-state index contributed by atoms with van der Waals surface area (Å²) in [6, 6.07) is 0. The molecule has 1 N–H and O–H groups in total. The van der Waals surface area contributed by atoms with Crippen LogP contribution in [-0.4, -0.2) is 34.6 Å². The standard InChI is InChI=1S/C10H17NO2/c1-4-9(12)11-6-5-8(7-11)10(2,3)13/h4,8,13H,1,5-7H2,2-3H3. The molecule has 1 atom stereocenters. The van der Waals surface area contributed by atoms with Crippen molar-refractivity contribution in [2.45, 2.75) is 25.9 Å². The van der Waals surface area contributed by atoms with Crippen molar-refractivity contribution in [2.24, 2.45) is 5.92 Å². The van der Waals surface area contributed by atoms with Crippen molar-refractivity contribution in [3.05, 3.63) is 12.7 Å². The van der Waals surface area contributed by atoms with Gasteiger partial charge in [-0.15, -0.1) is 0 Å². The van der Waals surface area contributed by atoms with Gasteiger partial charge in [-0.2, -0.15) is 0 Å². The maximum Gasteiger partial charge on any atom is 0.245 e. The predicted molar refractivity (Wildman–Crippen MR) is 51.2 cm³/mol. The number of carbonyl (C=O) groups is 1. The van der Waals surface area contributed by atoms with E-state index >= 15 is 0 Å². The summed E-state index contributed by atoms with van der Waals surface area (Å²) in [6.07, 6.45) is 2.20. The van der Waals surface area contributed by atoms with Crippen molar-refractivity contribution in [3.8, 4) is 0 Å². The number of carbonyl (C=O) groups excluding carboxylic acids is 1. The molecule has 0 aromatic rings. The molecule has 0 aliphatic carbocycles. The minimum atomic E-state index is -0.684. The van der Waals surface area contributed by atoms with Gasteiger partial charge in [0.2, 0.25) is 5.91 Å². The highest BCUT2D eigenvalue weighted by Crippen LogP contribution is 2.26. The highest BCUT2D eigenvalue weighted by molar-refractivity contribution is 5.87. The Morgan fingerprint density at radius 2 is 2.31 bits per heavy atom. The lowest BCUT2D eigenvalue weighted by molar-refractivity contribution is -0.125. The van der Waals surface area contributed by atoms with Crippen molar-refractivity contribution in [1.29, 1.82) is 0 Å². The number of amides is 1. The first-order chi connectivity index (χ1) is 5.95. The Balaban J connectivity index is 2.54. The highest BCUT2D eigenvalue weighted by atomic mass is 16.3. The van der Waals surface area contributed by atoms with Gasteiger partial charge in [0.05, 0.1) is 5.60 Å². The van der Waals surface area contributed by atoms with Gasteiger partial charge >= 0.3 is 0 Å². The van der Waals surface area contributed by atoms with Crippen LogP contribution >= 0.6 is 0 Å². The molecular weight excluding hydrogens is 166 g/mol. The van der Waals surface area contributed by atoms with E-state index in [-0.39, 0.29) is 11.8 Å². The Morgan fingerprint density at radius 3 is 2.69 bits per heavy atom. The van der Waals surface area contributed by atoms with Crippen LogP contribution in [0.25, 0.3) is 0 Å². The summed E-state index contributed by atoms with van der Waals surface area (Å²) in [5.41, 5.74) is -0.684. The van der Waals surface area contributed by atoms with Crippen molar-refractivity contribution >= 4 is 5.91 Å². The number of aliphatic hydroxyl groups is 1. The minimum absolute atomic E-state index is 0.0354. The number of hydrogen-bond donors (Lipinski definition) is 1. The van der Waals surface area contributed by atoms with E-state index in [4.69, 9.17) is 0 Å². The van der Waals surface area contributed by atoms with E-state index in [9.17, 15) is 9.90 Å². The topological polar surface area (TPSA) is 40.5 Å². The molecule has 1 aliphatic rings. The van der Waals surface area contributed by atoms with E-state index in [1.54, 1.807) is 18.7 Å². The van der Waals surface area contributed by atoms with Crippen molar-refractivity contribution in [1.82, 2.24) is 4.90 Å². The van der Waals surface area contributed by atoms with Gasteiger partial charge < -0.3 is 10.0 Å². The summed E-state index contributed by atoms with van der Waals surface area (Å²) in [5.74, 6) is 0.156. The molecule has 1 aliphatic heterocycles. The summed E-state index contributed by atoms with van der Waals surface area (Å²) in [6.45, 7) is 8.40. The zero-order valence-corrected chi connectivity index (χ0v) is 8.29. The average Bonchev–Trinajstić information content (AvgIpc) is 2.50. The van der Waals surface area contributed by atoms with Crippen molar-refractivity contribution in [2.75, 3.05) is 13.1 Å². The Bertz CT molecular complexity index is 217. The normalized spacial score (nSPS) is 23.3. The molecule has 1 unspecified atom stereocenters. The molecule has 0 radical (unpaired) electrons. The molecule has 0 aromatic carbocycles. The van der Waals surface area contributed by atoms with Gasteiger partial charge in [0.25, 0.3) is 0 Å². The smallest absolute Gasteiger partial charge is 0.245 e. The van der Waals surface area contributed by atoms with E-state index < -0.39 is 5.60 Å². The van der Waals surface area contributed by atoms with Gasteiger partial charge in [0.1, 0.15) is 0 Å². The van der Waals surface area contributed by atoms with Crippen LogP contribution in [0.5, 0.6) is 0 Å². The van der Waals surface area contributed by atoms with Crippen LogP contribution in [0.2, 0.25) is 0 Å². The fraction of sp³-hybridized carbons (Fsp3) is 0.700. The Kier molecular flexibility index (Phi) is 2.76. The van der Waals surface area contributed by atoms with E-state index in [1.807, 2.05) is 0 Å². The summed E-state index contributed by atoms with van der Waals surface area (Å²) in [5, 5.41) is 9.73. The molecule has 3 nitrogen and oxygen atoms in total. The lowest BCUT2D eigenvalue weighted by atomic mass is 9.90. The second-order valence-electron chi connectivity index (χ2n) is 4.13. The van der Waals surface area contributed by atoms with Gasteiger partial charge in [-0.05, 0) is 26.3 Å². The first kappa shape index (κ1) is 10.3. The zero-order valence-electron chi connectivity index (χ0n) is 8.29. The molecule has 3 heteroatoms. The summed E-state index contributed by atoms with van der Waals surface area (Å²) < 4.78 is 0. The lowest BCUT2D eigenvalue weighted by Crippen LogP contribution is -2.34. The zero-order chi connectivity index (χ0) is 10.1. The highest BCUT2D eigenvalue weighted by Gasteiger charge is 2.34. The van der Waals surface area contributed by atoms with Crippen LogP contribution in [0.4, 0.5) is 0 Å². The van der Waals surface area contributed by atoms with Crippen LogP contribution in [0.3, 0.4) is 0 Å². The summed E-state index contributed by atoms with van der Waals surface area (Å²) in [4.78, 5) is 12.9. The van der Waals surface area contributed by atoms with Crippen molar-refractivity contribution in [3.63, 3.8) is 0 Å². The van der Waals surface area contributed by atoms with E-state index in [2.05, 4.69) is 6.58 Å². The van der Waals surface area contributed by atoms with E-state index in [0.29, 0.717) is 6.54 Å². The molecule has 13 heavy (non-hydrogen) atoms. The average molecular weight is 183 g/mol. The predicted octanol–water partition coefficient (Wildman–Crippen LogP) is 0.792. The molecular formula is C10H17NO2. The number of hydrogen-bond acceptors (Lipinski definition) is 2. The quantitative estimate of drug-likeness (QED) is 0.643. The molecule has 1 amide bonds. The van der Waals surface area contributed by atoms with Gasteiger partial charge in [-0.1, -0.05) is 6.58 Å². The van der Waals surface area contributed by atoms with Gasteiger partial charge in [-0.3, -0.25) is 4.79 Å². The van der Waals surface area contributed by atoms with Gasteiger partial charge in [0.15, 0.2) is 0 Å². The molecule has 1 fully saturated rings. The van der Waals surface area contributed by atoms with Crippen LogP contribution in [0.1, 0.15) is 20.3 Å². The third-order valence-corrected chi connectivity index (χ3v) is 2.67. The van der Waals surface area contributed by atoms with Crippen LogP contribution in [0, 0.1) is 5.92 Å². The lowest BCUT2D eigenvalue weighted by Gasteiger charge is -2.25. The molecule has 0 aromatic heterocycles. The van der Waals surface area contributed by atoms with Gasteiger partial charge in [0, 0.05) is 19.0 Å². The fourth-order valence-corrected chi connectivity index (χ4v) is 1.67. The van der Waals surface area contributed by atoms with E-state index in [0.717, 1.165) is 13.0 Å². The van der Waals surface area contributed by atoms with Crippen LogP contribution in [-0.2, 0) is 4.79 Å². The fourth-order valence-electron chi connectivity index (χ4n) is 1.67. The first-order valence-electron chi connectivity index (χ1n) is 4.59. The SMILES string of the molecule is C=CC(=O)N1CCC(C(C)(C)O)C1. The Hall–Kier alpha value is -0.830. The maximum absolute atomic E-state index is 11.2. The maximum atomic E-state index is 11.2. The molecule has 1 saturated heterocycles. The number of nitrogens with zero attached hydrogens (tertiary/aromatic N) is 1. The molecule has 0 saturated carbocycles. The molecule has 1 heterocycles. The number of likely N-dealkylation sites (tertiary alicyclic amines) is 1.